The Labute approximate surface area is 160 Å². The molecule has 0 unspecified atom stereocenters. The second-order valence-electron chi connectivity index (χ2n) is 6.55. The Bertz CT molecular complexity index is 1020. The van der Waals surface area contributed by atoms with E-state index in [-0.39, 0.29) is 28.2 Å². The summed E-state index contributed by atoms with van der Waals surface area (Å²) >= 11 is 0. The summed E-state index contributed by atoms with van der Waals surface area (Å²) in [5.74, 6) is 0.539. The van der Waals surface area contributed by atoms with Crippen LogP contribution in [-0.2, 0) is 26.3 Å². The molecule has 0 saturated heterocycles. The van der Waals surface area contributed by atoms with Crippen LogP contribution in [0.3, 0.4) is 0 Å². The number of hydrogen-bond acceptors (Lipinski definition) is 5. The Hall–Kier alpha value is -1.90. The number of aryl methyl sites for hydroxylation is 1. The van der Waals surface area contributed by atoms with Crippen LogP contribution in [0.5, 0.6) is 5.75 Å². The topological polar surface area (TPSA) is 80.8 Å². The van der Waals surface area contributed by atoms with Crippen molar-refractivity contribution in [3.63, 3.8) is 0 Å². The minimum Gasteiger partial charge on any atom is -0.489 e. The first kappa shape index (κ1) is 19.9. The molecular weight excluding hydrogens is 386 g/mol. The Morgan fingerprint density at radius 1 is 1.04 bits per heavy atom. The highest BCUT2D eigenvalue weighted by Crippen LogP contribution is 2.32. The maximum absolute atomic E-state index is 12.8. The van der Waals surface area contributed by atoms with Gasteiger partial charge in [-0.3, -0.25) is 0 Å². The van der Waals surface area contributed by atoms with Gasteiger partial charge in [-0.05, 0) is 49.6 Å². The number of rotatable bonds is 6. The summed E-state index contributed by atoms with van der Waals surface area (Å²) in [6, 6.07) is 13.2. The smallest absolute Gasteiger partial charge is 0.213 e. The number of benzene rings is 2. The number of nitrogens with zero attached hydrogens (tertiary/aromatic N) is 1. The van der Waals surface area contributed by atoms with E-state index in [1.54, 1.807) is 49.4 Å². The number of fused-ring (bicyclic) bond motifs is 1. The van der Waals surface area contributed by atoms with Crippen LogP contribution in [0, 0.1) is 0 Å². The minimum absolute atomic E-state index is 0.0340. The molecule has 8 heteroatoms. The molecule has 0 radical (unpaired) electrons. The van der Waals surface area contributed by atoms with Crippen molar-refractivity contribution in [3.8, 4) is 5.75 Å². The van der Waals surface area contributed by atoms with Gasteiger partial charge in [-0.25, -0.2) is 21.1 Å². The quantitative estimate of drug-likeness (QED) is 0.732. The molecule has 0 bridgehead atoms. The number of hydrogen-bond donors (Lipinski definition) is 0. The summed E-state index contributed by atoms with van der Waals surface area (Å²) < 4.78 is 56.8. The van der Waals surface area contributed by atoms with Crippen molar-refractivity contribution in [2.45, 2.75) is 35.7 Å². The van der Waals surface area contributed by atoms with E-state index in [1.807, 2.05) is 0 Å². The number of ether oxygens (including phenoxy) is 1. The van der Waals surface area contributed by atoms with Crippen LogP contribution in [0.25, 0.3) is 0 Å². The van der Waals surface area contributed by atoms with Crippen molar-refractivity contribution in [2.75, 3.05) is 19.3 Å². The summed E-state index contributed by atoms with van der Waals surface area (Å²) in [5, 5.41) is 0. The molecule has 0 aromatic heterocycles. The van der Waals surface area contributed by atoms with Crippen LogP contribution in [-0.4, -0.2) is 46.6 Å². The van der Waals surface area contributed by atoms with Crippen LogP contribution in [0.15, 0.2) is 58.3 Å². The van der Waals surface area contributed by atoms with Gasteiger partial charge in [0.05, 0.1) is 22.1 Å². The zero-order valence-corrected chi connectivity index (χ0v) is 17.0. The third kappa shape index (κ3) is 4.17. The van der Waals surface area contributed by atoms with E-state index in [1.165, 1.54) is 17.4 Å². The third-order valence-electron chi connectivity index (χ3n) is 4.73. The molecule has 1 aliphatic heterocycles. The maximum atomic E-state index is 12.8. The summed E-state index contributed by atoms with van der Waals surface area (Å²) in [4.78, 5) is 0.397. The summed E-state index contributed by atoms with van der Waals surface area (Å²) in [6.07, 6.45) is 1.09. The standard InChI is InChI=1S/C19H23NO5S2/c1-3-26(21,22)20(2)14-16-11-9-15-10-12-18(13-19(15)25-16)27(23,24)17-7-5-4-6-8-17/h4-8,10,12-13,16H,3,9,11,14H2,1-2H3/t16-/m1/s1. The summed E-state index contributed by atoms with van der Waals surface area (Å²) in [6.45, 7) is 1.84. The van der Waals surface area contributed by atoms with E-state index in [9.17, 15) is 16.8 Å². The molecule has 0 N–H and O–H groups in total. The first-order valence-electron chi connectivity index (χ1n) is 8.78. The fraction of sp³-hybridized carbons (Fsp3) is 0.368. The Morgan fingerprint density at radius 2 is 1.74 bits per heavy atom. The van der Waals surface area contributed by atoms with Gasteiger partial charge in [0, 0.05) is 7.05 Å². The van der Waals surface area contributed by atoms with E-state index in [2.05, 4.69) is 0 Å². The number of likely N-dealkylation sites (N-methyl/N-ethyl adjacent to an activating group) is 1. The lowest BCUT2D eigenvalue weighted by Crippen LogP contribution is -2.39. The first-order chi connectivity index (χ1) is 12.7. The van der Waals surface area contributed by atoms with Crippen LogP contribution >= 0.6 is 0 Å². The predicted molar refractivity (Wildman–Crippen MR) is 103 cm³/mol. The van der Waals surface area contributed by atoms with Crippen LogP contribution in [0.1, 0.15) is 18.9 Å². The Morgan fingerprint density at radius 3 is 2.41 bits per heavy atom. The lowest BCUT2D eigenvalue weighted by Gasteiger charge is -2.29. The van der Waals surface area contributed by atoms with Crippen LogP contribution in [0.4, 0.5) is 0 Å². The molecule has 2 aromatic carbocycles. The van der Waals surface area contributed by atoms with Gasteiger partial charge >= 0.3 is 0 Å². The van der Waals surface area contributed by atoms with Gasteiger partial charge in [0.15, 0.2) is 0 Å². The Balaban J connectivity index is 1.84. The lowest BCUT2D eigenvalue weighted by atomic mass is 10.0. The zero-order valence-electron chi connectivity index (χ0n) is 15.3. The van der Waals surface area contributed by atoms with Crippen molar-refractivity contribution in [2.24, 2.45) is 0 Å². The molecule has 0 saturated carbocycles. The van der Waals surface area contributed by atoms with E-state index >= 15 is 0 Å². The number of sulfonamides is 1. The lowest BCUT2D eigenvalue weighted by molar-refractivity contribution is 0.152. The number of sulfone groups is 1. The molecule has 6 nitrogen and oxygen atoms in total. The van der Waals surface area contributed by atoms with E-state index < -0.39 is 19.9 Å². The van der Waals surface area contributed by atoms with Crippen LogP contribution < -0.4 is 4.74 Å². The molecule has 1 heterocycles. The molecule has 2 aromatic rings. The monoisotopic (exact) mass is 409 g/mol. The van der Waals surface area contributed by atoms with Gasteiger partial charge in [0.2, 0.25) is 19.9 Å². The molecule has 1 atom stereocenters. The fourth-order valence-electron chi connectivity index (χ4n) is 3.06. The largest absolute Gasteiger partial charge is 0.489 e. The van der Waals surface area contributed by atoms with E-state index in [4.69, 9.17) is 4.74 Å². The molecule has 27 heavy (non-hydrogen) atoms. The van der Waals surface area contributed by atoms with Gasteiger partial charge in [-0.2, -0.15) is 0 Å². The molecule has 3 rings (SSSR count). The second-order valence-corrected chi connectivity index (χ2v) is 10.9. The van der Waals surface area contributed by atoms with Crippen molar-refractivity contribution in [3.05, 3.63) is 54.1 Å². The van der Waals surface area contributed by atoms with Gasteiger partial charge < -0.3 is 4.74 Å². The van der Waals surface area contributed by atoms with Crippen molar-refractivity contribution in [1.29, 1.82) is 0 Å². The molecule has 0 spiro atoms. The van der Waals surface area contributed by atoms with Crippen LogP contribution in [0.2, 0.25) is 0 Å². The van der Waals surface area contributed by atoms with E-state index in [0.29, 0.717) is 18.6 Å². The molecule has 0 fully saturated rings. The molecule has 1 aliphatic rings. The summed E-state index contributed by atoms with van der Waals surface area (Å²) in [5.41, 5.74) is 0.930. The van der Waals surface area contributed by atoms with Gasteiger partial charge in [0.25, 0.3) is 0 Å². The summed E-state index contributed by atoms with van der Waals surface area (Å²) in [7, 11) is -5.38. The highest BCUT2D eigenvalue weighted by Gasteiger charge is 2.27. The second kappa shape index (κ2) is 7.61. The van der Waals surface area contributed by atoms with Crippen molar-refractivity contribution >= 4 is 19.9 Å². The fourth-order valence-corrected chi connectivity index (χ4v) is 5.19. The van der Waals surface area contributed by atoms with Crippen molar-refractivity contribution < 1.29 is 21.6 Å². The highest BCUT2D eigenvalue weighted by atomic mass is 32.2. The molecule has 146 valence electrons. The first-order valence-corrected chi connectivity index (χ1v) is 11.9. The Kier molecular flexibility index (Phi) is 5.60. The molecule has 0 aliphatic carbocycles. The minimum atomic E-state index is -3.63. The third-order valence-corrected chi connectivity index (χ3v) is 8.33. The predicted octanol–water partition coefficient (Wildman–Crippen LogP) is 2.49. The zero-order chi connectivity index (χ0) is 19.7. The van der Waals surface area contributed by atoms with Gasteiger partial charge in [0.1, 0.15) is 11.9 Å². The average molecular weight is 410 g/mol. The molecule has 0 amide bonds. The highest BCUT2D eigenvalue weighted by molar-refractivity contribution is 7.91. The molecular formula is C19H23NO5S2. The normalized spacial score (nSPS) is 17.4. The SMILES string of the molecule is CCS(=O)(=O)N(C)C[C@H]1CCc2ccc(S(=O)(=O)c3ccccc3)cc2O1. The average Bonchev–Trinajstić information content (AvgIpc) is 2.68. The van der Waals surface area contributed by atoms with Crippen molar-refractivity contribution in [1.82, 2.24) is 4.31 Å². The van der Waals surface area contributed by atoms with E-state index in [0.717, 1.165) is 5.56 Å². The van der Waals surface area contributed by atoms with Gasteiger partial charge in [-0.1, -0.05) is 24.3 Å². The van der Waals surface area contributed by atoms with Gasteiger partial charge in [-0.15, -0.1) is 0 Å². The maximum Gasteiger partial charge on any atom is 0.213 e.